The summed E-state index contributed by atoms with van der Waals surface area (Å²) in [7, 11) is 1.61. The molecule has 0 amide bonds. The third-order valence-corrected chi connectivity index (χ3v) is 5.52. The predicted molar refractivity (Wildman–Crippen MR) is 82.6 cm³/mol. The van der Waals surface area contributed by atoms with Crippen LogP contribution in [0.4, 0.5) is 0 Å². The second-order valence-corrected chi connectivity index (χ2v) is 6.45. The number of methoxy groups -OCH3 is 1. The van der Waals surface area contributed by atoms with E-state index in [1.54, 1.807) is 7.11 Å². The van der Waals surface area contributed by atoms with E-state index >= 15 is 0 Å². The Morgan fingerprint density at radius 3 is 2.40 bits per heavy atom. The number of aryl methyl sites for hydroxylation is 1. The van der Waals surface area contributed by atoms with Gasteiger partial charge in [-0.3, -0.25) is 4.79 Å². The van der Waals surface area contributed by atoms with Crippen LogP contribution in [0.3, 0.4) is 0 Å². The number of aliphatic carboxylic acids is 1. The highest BCUT2D eigenvalue weighted by Gasteiger charge is 2.44. The van der Waals surface area contributed by atoms with E-state index in [0.717, 1.165) is 40.4 Å². The van der Waals surface area contributed by atoms with E-state index in [-0.39, 0.29) is 0 Å². The Morgan fingerprint density at radius 2 is 1.90 bits per heavy atom. The van der Waals surface area contributed by atoms with E-state index in [9.17, 15) is 9.90 Å². The van der Waals surface area contributed by atoms with Crippen molar-refractivity contribution in [2.75, 3.05) is 7.11 Å². The number of hydrogen-bond acceptors (Lipinski definition) is 2. The Bertz CT molecular complexity index is 531. The number of carbonyl (C=O) groups is 1. The Labute approximate surface area is 128 Å². The normalized spacial score (nSPS) is 17.8. The van der Waals surface area contributed by atoms with Crippen molar-refractivity contribution in [2.24, 2.45) is 0 Å². The molecular formula is C16H21BrO3. The summed E-state index contributed by atoms with van der Waals surface area (Å²) >= 11 is 3.56. The van der Waals surface area contributed by atoms with Crippen LogP contribution in [0.15, 0.2) is 10.5 Å². The van der Waals surface area contributed by atoms with Crippen LogP contribution >= 0.6 is 15.9 Å². The second kappa shape index (κ2) is 5.76. The summed E-state index contributed by atoms with van der Waals surface area (Å²) in [5, 5.41) is 9.84. The zero-order valence-electron chi connectivity index (χ0n) is 12.3. The Kier molecular flexibility index (Phi) is 4.43. The molecule has 1 saturated carbocycles. The van der Waals surface area contributed by atoms with Gasteiger partial charge in [-0.2, -0.15) is 0 Å². The summed E-state index contributed by atoms with van der Waals surface area (Å²) in [6.45, 7) is 4.03. The molecule has 0 atom stereocenters. The molecule has 0 aromatic heterocycles. The van der Waals surface area contributed by atoms with Gasteiger partial charge >= 0.3 is 5.97 Å². The van der Waals surface area contributed by atoms with Gasteiger partial charge in [-0.05, 0) is 53.7 Å². The summed E-state index contributed by atoms with van der Waals surface area (Å²) in [6.07, 6.45) is 4.41. The number of hydrogen-bond donors (Lipinski definition) is 1. The van der Waals surface area contributed by atoms with Crippen molar-refractivity contribution in [1.29, 1.82) is 0 Å². The monoisotopic (exact) mass is 340 g/mol. The minimum Gasteiger partial charge on any atom is -0.495 e. The van der Waals surface area contributed by atoms with Gasteiger partial charge in [0, 0.05) is 5.56 Å². The lowest BCUT2D eigenvalue weighted by molar-refractivity contribution is -0.145. The molecule has 0 unspecified atom stereocenters. The van der Waals surface area contributed by atoms with Gasteiger partial charge in [0.05, 0.1) is 17.0 Å². The van der Waals surface area contributed by atoms with Crippen molar-refractivity contribution in [3.8, 4) is 5.75 Å². The molecule has 0 bridgehead atoms. The quantitative estimate of drug-likeness (QED) is 0.888. The van der Waals surface area contributed by atoms with Crippen LogP contribution in [-0.4, -0.2) is 18.2 Å². The lowest BCUT2D eigenvalue weighted by Crippen LogP contribution is -2.38. The molecule has 0 heterocycles. The number of benzene rings is 1. The van der Waals surface area contributed by atoms with Gasteiger partial charge in [0.15, 0.2) is 0 Å². The van der Waals surface area contributed by atoms with E-state index in [1.165, 1.54) is 0 Å². The average molecular weight is 341 g/mol. The van der Waals surface area contributed by atoms with E-state index in [4.69, 9.17) is 4.74 Å². The van der Waals surface area contributed by atoms with Crippen LogP contribution in [0, 0.1) is 13.8 Å². The van der Waals surface area contributed by atoms with Crippen LogP contribution < -0.4 is 4.74 Å². The topological polar surface area (TPSA) is 46.5 Å². The third kappa shape index (κ3) is 2.34. The first kappa shape index (κ1) is 15.4. The molecular weight excluding hydrogens is 320 g/mol. The molecule has 0 saturated heterocycles. The fourth-order valence-corrected chi connectivity index (χ4v) is 3.85. The van der Waals surface area contributed by atoms with Crippen molar-refractivity contribution < 1.29 is 14.6 Å². The molecule has 1 fully saturated rings. The van der Waals surface area contributed by atoms with Crippen LogP contribution in [0.1, 0.15) is 48.8 Å². The maximum absolute atomic E-state index is 12.0. The van der Waals surface area contributed by atoms with E-state index in [1.807, 2.05) is 19.9 Å². The first-order valence-electron chi connectivity index (χ1n) is 7.01. The molecule has 1 aliphatic rings. The third-order valence-electron chi connectivity index (χ3n) is 4.56. The van der Waals surface area contributed by atoms with Gasteiger partial charge in [-0.15, -0.1) is 0 Å². The summed E-state index contributed by atoms with van der Waals surface area (Å²) in [6, 6.07) is 2.00. The molecule has 20 heavy (non-hydrogen) atoms. The highest BCUT2D eigenvalue weighted by molar-refractivity contribution is 9.10. The van der Waals surface area contributed by atoms with Crippen molar-refractivity contribution >= 4 is 21.9 Å². The van der Waals surface area contributed by atoms with Crippen LogP contribution in [0.2, 0.25) is 0 Å². The zero-order valence-corrected chi connectivity index (χ0v) is 13.8. The van der Waals surface area contributed by atoms with Gasteiger partial charge in [-0.1, -0.05) is 25.3 Å². The van der Waals surface area contributed by atoms with Gasteiger partial charge < -0.3 is 9.84 Å². The molecule has 0 aliphatic heterocycles. The highest BCUT2D eigenvalue weighted by atomic mass is 79.9. The Morgan fingerprint density at radius 1 is 1.30 bits per heavy atom. The van der Waals surface area contributed by atoms with Crippen molar-refractivity contribution in [2.45, 2.75) is 51.4 Å². The fraction of sp³-hybridized carbons (Fsp3) is 0.562. The average Bonchev–Trinajstić information content (AvgIpc) is 2.45. The van der Waals surface area contributed by atoms with E-state index in [0.29, 0.717) is 18.6 Å². The number of rotatable bonds is 3. The van der Waals surface area contributed by atoms with Gasteiger partial charge in [0.2, 0.25) is 0 Å². The molecule has 1 N–H and O–H groups in total. The Hall–Kier alpha value is -1.03. The van der Waals surface area contributed by atoms with Gasteiger partial charge in [0.25, 0.3) is 0 Å². The van der Waals surface area contributed by atoms with Gasteiger partial charge in [0.1, 0.15) is 5.75 Å². The predicted octanol–water partition coefficient (Wildman–Crippen LogP) is 4.36. The Balaban J connectivity index is 2.68. The molecule has 4 heteroatoms. The smallest absolute Gasteiger partial charge is 0.314 e. The molecule has 0 spiro atoms. The molecule has 0 radical (unpaired) electrons. The molecule has 2 rings (SSSR count). The lowest BCUT2D eigenvalue weighted by Gasteiger charge is -2.35. The van der Waals surface area contributed by atoms with Crippen LogP contribution in [-0.2, 0) is 10.2 Å². The van der Waals surface area contributed by atoms with E-state index < -0.39 is 11.4 Å². The summed E-state index contributed by atoms with van der Waals surface area (Å²) in [5.41, 5.74) is 2.22. The number of carboxylic acid groups (broad SMARTS) is 1. The maximum Gasteiger partial charge on any atom is 0.314 e. The largest absolute Gasteiger partial charge is 0.495 e. The number of halogens is 1. The summed E-state index contributed by atoms with van der Waals surface area (Å²) < 4.78 is 6.41. The molecule has 110 valence electrons. The standard InChI is InChI=1S/C16H21BrO3/c1-10-9-12(14(20-3)13(17)11(10)2)16(15(18)19)7-5-4-6-8-16/h9H,4-8H2,1-3H3,(H,18,19). The highest BCUT2D eigenvalue weighted by Crippen LogP contribution is 2.47. The molecule has 1 aromatic carbocycles. The van der Waals surface area contributed by atoms with Crippen molar-refractivity contribution in [3.63, 3.8) is 0 Å². The van der Waals surface area contributed by atoms with Gasteiger partial charge in [-0.25, -0.2) is 0 Å². The zero-order chi connectivity index (χ0) is 14.9. The van der Waals surface area contributed by atoms with Crippen molar-refractivity contribution in [3.05, 3.63) is 27.2 Å². The second-order valence-electron chi connectivity index (χ2n) is 5.66. The molecule has 1 aromatic rings. The lowest BCUT2D eigenvalue weighted by atomic mass is 9.68. The van der Waals surface area contributed by atoms with E-state index in [2.05, 4.69) is 15.9 Å². The summed E-state index contributed by atoms with van der Waals surface area (Å²) in [4.78, 5) is 12.0. The fourth-order valence-electron chi connectivity index (χ4n) is 3.16. The van der Waals surface area contributed by atoms with Crippen molar-refractivity contribution in [1.82, 2.24) is 0 Å². The number of carboxylic acids is 1. The minimum atomic E-state index is -0.801. The SMILES string of the molecule is COc1c(C2(C(=O)O)CCCCC2)cc(C)c(C)c1Br. The first-order valence-corrected chi connectivity index (χ1v) is 7.81. The first-order chi connectivity index (χ1) is 9.44. The van der Waals surface area contributed by atoms with Crippen LogP contribution in [0.5, 0.6) is 5.75 Å². The minimum absolute atomic E-state index is 0.678. The summed E-state index contributed by atoms with van der Waals surface area (Å²) in [5.74, 6) is -0.0527. The maximum atomic E-state index is 12.0. The number of ether oxygens (including phenoxy) is 1. The molecule has 3 nitrogen and oxygen atoms in total. The molecule has 1 aliphatic carbocycles. The van der Waals surface area contributed by atoms with Crippen LogP contribution in [0.25, 0.3) is 0 Å².